The number of amides is 1. The zero-order valence-corrected chi connectivity index (χ0v) is 12.4. The van der Waals surface area contributed by atoms with Crippen LogP contribution in [-0.4, -0.2) is 30.2 Å². The second-order valence-electron chi connectivity index (χ2n) is 4.72. The summed E-state index contributed by atoms with van der Waals surface area (Å²) in [6.07, 6.45) is 1.55. The maximum Gasteiger partial charge on any atom is 0.330 e. The molecule has 0 radical (unpaired) electrons. The van der Waals surface area contributed by atoms with E-state index in [9.17, 15) is 14.7 Å². The monoisotopic (exact) mass is 341 g/mol. The summed E-state index contributed by atoms with van der Waals surface area (Å²) in [7, 11) is 0. The zero-order chi connectivity index (χ0) is 14.5. The Kier molecular flexibility index (Phi) is 5.14. The molecule has 1 amide bonds. The van der Waals surface area contributed by atoms with E-state index >= 15 is 0 Å². The summed E-state index contributed by atoms with van der Waals surface area (Å²) in [6, 6.07) is 5.91. The van der Waals surface area contributed by atoms with Gasteiger partial charge in [0, 0.05) is 11.1 Å². The lowest BCUT2D eigenvalue weighted by Gasteiger charge is -2.24. The van der Waals surface area contributed by atoms with Gasteiger partial charge in [-0.05, 0) is 24.5 Å². The van der Waals surface area contributed by atoms with Gasteiger partial charge in [0.25, 0.3) is 0 Å². The van der Waals surface area contributed by atoms with Gasteiger partial charge in [0.1, 0.15) is 0 Å². The second-order valence-corrected chi connectivity index (χ2v) is 5.57. The van der Waals surface area contributed by atoms with Crippen LogP contribution < -0.4 is 5.32 Å². The third kappa shape index (κ3) is 3.58. The minimum Gasteiger partial charge on any atom is -0.479 e. The number of halogens is 1. The number of carboxylic acids is 1. The molecule has 1 aliphatic heterocycles. The molecule has 0 aromatic heterocycles. The normalized spacial score (nSPS) is 20.1. The Labute approximate surface area is 125 Å². The average Bonchev–Trinajstić information content (AvgIpc) is 2.46. The van der Waals surface area contributed by atoms with Crippen molar-refractivity contribution >= 4 is 27.8 Å². The van der Waals surface area contributed by atoms with Crippen LogP contribution in [0.15, 0.2) is 28.7 Å². The highest BCUT2D eigenvalue weighted by Gasteiger charge is 2.28. The van der Waals surface area contributed by atoms with Crippen LogP contribution in [-0.2, 0) is 14.3 Å². The van der Waals surface area contributed by atoms with E-state index in [4.69, 9.17) is 4.74 Å². The fourth-order valence-corrected chi connectivity index (χ4v) is 2.70. The Morgan fingerprint density at radius 2 is 2.15 bits per heavy atom. The SMILES string of the molecule is O=C(NC(C(=O)O)c1ccccc1Br)C1CCCOC1. The van der Waals surface area contributed by atoms with Crippen LogP contribution in [0.4, 0.5) is 0 Å². The van der Waals surface area contributed by atoms with Crippen molar-refractivity contribution in [2.24, 2.45) is 5.92 Å². The fourth-order valence-electron chi connectivity index (χ4n) is 2.19. The highest BCUT2D eigenvalue weighted by Crippen LogP contribution is 2.24. The van der Waals surface area contributed by atoms with Crippen molar-refractivity contribution in [1.82, 2.24) is 5.32 Å². The van der Waals surface area contributed by atoms with Gasteiger partial charge < -0.3 is 15.2 Å². The molecule has 108 valence electrons. The number of ether oxygens (including phenoxy) is 1. The molecule has 0 saturated carbocycles. The first kappa shape index (κ1) is 15.0. The highest BCUT2D eigenvalue weighted by molar-refractivity contribution is 9.10. The number of hydrogen-bond donors (Lipinski definition) is 2. The van der Waals surface area contributed by atoms with Gasteiger partial charge in [-0.1, -0.05) is 34.1 Å². The molecule has 6 heteroatoms. The van der Waals surface area contributed by atoms with Crippen LogP contribution in [0.3, 0.4) is 0 Å². The smallest absolute Gasteiger partial charge is 0.330 e. The van der Waals surface area contributed by atoms with Gasteiger partial charge in [-0.2, -0.15) is 0 Å². The van der Waals surface area contributed by atoms with Crippen LogP contribution in [0, 0.1) is 5.92 Å². The lowest BCUT2D eigenvalue weighted by atomic mass is 10.00. The third-order valence-corrected chi connectivity index (χ3v) is 4.00. The topological polar surface area (TPSA) is 75.6 Å². The molecule has 2 rings (SSSR count). The van der Waals surface area contributed by atoms with Crippen molar-refractivity contribution in [3.8, 4) is 0 Å². The summed E-state index contributed by atoms with van der Waals surface area (Å²) < 4.78 is 5.92. The van der Waals surface area contributed by atoms with Gasteiger partial charge in [0.2, 0.25) is 5.91 Å². The van der Waals surface area contributed by atoms with Crippen molar-refractivity contribution in [2.45, 2.75) is 18.9 Å². The molecular weight excluding hydrogens is 326 g/mol. The lowest BCUT2D eigenvalue weighted by Crippen LogP contribution is -2.40. The molecule has 1 heterocycles. The van der Waals surface area contributed by atoms with Gasteiger partial charge >= 0.3 is 5.97 Å². The Morgan fingerprint density at radius 3 is 2.75 bits per heavy atom. The molecule has 1 aromatic rings. The predicted molar refractivity (Wildman–Crippen MR) is 76.2 cm³/mol. The second kappa shape index (κ2) is 6.85. The Morgan fingerprint density at radius 1 is 1.40 bits per heavy atom. The van der Waals surface area contributed by atoms with E-state index in [0.29, 0.717) is 23.2 Å². The van der Waals surface area contributed by atoms with Crippen LogP contribution in [0.5, 0.6) is 0 Å². The third-order valence-electron chi connectivity index (χ3n) is 3.28. The summed E-state index contributed by atoms with van der Waals surface area (Å²) in [5, 5.41) is 11.9. The summed E-state index contributed by atoms with van der Waals surface area (Å²) in [5.74, 6) is -1.62. The fraction of sp³-hybridized carbons (Fsp3) is 0.429. The Bertz CT molecular complexity index is 500. The molecule has 1 saturated heterocycles. The Balaban J connectivity index is 2.12. The van der Waals surface area contributed by atoms with Crippen molar-refractivity contribution in [3.05, 3.63) is 34.3 Å². The number of hydrogen-bond acceptors (Lipinski definition) is 3. The number of carboxylic acid groups (broad SMARTS) is 1. The summed E-state index contributed by atoms with van der Waals surface area (Å²) in [6.45, 7) is 1.02. The zero-order valence-electron chi connectivity index (χ0n) is 10.8. The maximum absolute atomic E-state index is 12.1. The first-order chi connectivity index (χ1) is 9.59. The average molecular weight is 342 g/mol. The first-order valence-corrected chi connectivity index (χ1v) is 7.24. The van der Waals surface area contributed by atoms with Crippen molar-refractivity contribution in [3.63, 3.8) is 0 Å². The van der Waals surface area contributed by atoms with E-state index < -0.39 is 12.0 Å². The molecule has 0 bridgehead atoms. The van der Waals surface area contributed by atoms with E-state index in [-0.39, 0.29) is 11.8 Å². The van der Waals surface area contributed by atoms with Crippen LogP contribution in [0.1, 0.15) is 24.4 Å². The quantitative estimate of drug-likeness (QED) is 0.879. The minimum absolute atomic E-state index is 0.270. The lowest BCUT2D eigenvalue weighted by molar-refractivity contribution is -0.143. The van der Waals surface area contributed by atoms with Crippen molar-refractivity contribution in [1.29, 1.82) is 0 Å². The van der Waals surface area contributed by atoms with Crippen molar-refractivity contribution in [2.75, 3.05) is 13.2 Å². The molecule has 1 aromatic carbocycles. The molecule has 2 atom stereocenters. The molecule has 2 N–H and O–H groups in total. The van der Waals surface area contributed by atoms with Crippen LogP contribution in [0.25, 0.3) is 0 Å². The summed E-state index contributed by atoms with van der Waals surface area (Å²) >= 11 is 3.31. The van der Waals surface area contributed by atoms with Crippen LogP contribution in [0.2, 0.25) is 0 Å². The molecule has 20 heavy (non-hydrogen) atoms. The van der Waals surface area contributed by atoms with Gasteiger partial charge in [0.15, 0.2) is 6.04 Å². The first-order valence-electron chi connectivity index (χ1n) is 6.45. The Hall–Kier alpha value is -1.40. The molecular formula is C14H16BrNO4. The molecule has 1 aliphatic rings. The van der Waals surface area contributed by atoms with Gasteiger partial charge in [0.05, 0.1) is 12.5 Å². The number of nitrogens with one attached hydrogen (secondary N) is 1. The largest absolute Gasteiger partial charge is 0.479 e. The van der Waals surface area contributed by atoms with Gasteiger partial charge in [-0.15, -0.1) is 0 Å². The molecule has 0 spiro atoms. The van der Waals surface area contributed by atoms with E-state index in [0.717, 1.165) is 12.8 Å². The molecule has 2 unspecified atom stereocenters. The molecule has 1 fully saturated rings. The molecule has 5 nitrogen and oxygen atoms in total. The van der Waals surface area contributed by atoms with Gasteiger partial charge in [-0.3, -0.25) is 4.79 Å². The number of benzene rings is 1. The maximum atomic E-state index is 12.1. The van der Waals surface area contributed by atoms with Crippen LogP contribution >= 0.6 is 15.9 Å². The van der Waals surface area contributed by atoms with Crippen molar-refractivity contribution < 1.29 is 19.4 Å². The number of carbonyl (C=O) groups excluding carboxylic acids is 1. The van der Waals surface area contributed by atoms with E-state index in [1.165, 1.54) is 0 Å². The predicted octanol–water partition coefficient (Wildman–Crippen LogP) is 2.12. The van der Waals surface area contributed by atoms with E-state index in [1.807, 2.05) is 0 Å². The van der Waals surface area contributed by atoms with E-state index in [2.05, 4.69) is 21.2 Å². The van der Waals surface area contributed by atoms with Gasteiger partial charge in [-0.25, -0.2) is 4.79 Å². The number of rotatable bonds is 4. The summed E-state index contributed by atoms with van der Waals surface area (Å²) in [4.78, 5) is 23.5. The molecule has 0 aliphatic carbocycles. The standard InChI is InChI=1S/C14H16BrNO4/c15-11-6-2-1-5-10(11)12(14(18)19)16-13(17)9-4-3-7-20-8-9/h1-2,5-6,9,12H,3-4,7-8H2,(H,16,17)(H,18,19). The van der Waals surface area contributed by atoms with E-state index in [1.54, 1.807) is 24.3 Å². The minimum atomic E-state index is -1.08. The highest BCUT2D eigenvalue weighted by atomic mass is 79.9. The summed E-state index contributed by atoms with van der Waals surface area (Å²) in [5.41, 5.74) is 0.532. The number of aliphatic carboxylic acids is 1. The number of carbonyl (C=O) groups is 2.